The van der Waals surface area contributed by atoms with E-state index in [0.717, 1.165) is 12.2 Å². The van der Waals surface area contributed by atoms with Crippen LogP contribution in [0.15, 0.2) is 16.7 Å². The van der Waals surface area contributed by atoms with Crippen molar-refractivity contribution in [2.45, 2.75) is 27.2 Å². The minimum absolute atomic E-state index is 0.139. The summed E-state index contributed by atoms with van der Waals surface area (Å²) in [6.07, 6.45) is 0.535. The molecule has 0 unspecified atom stereocenters. The molecule has 112 valence electrons. The van der Waals surface area contributed by atoms with Crippen molar-refractivity contribution in [3.05, 3.63) is 35.1 Å². The molecule has 21 heavy (non-hydrogen) atoms. The number of amides is 1. The number of aryl methyl sites for hydroxylation is 2. The lowest BCUT2D eigenvalue weighted by atomic mass is 10.2. The molecular weight excluding hydrogens is 270 g/mol. The van der Waals surface area contributed by atoms with E-state index in [-0.39, 0.29) is 5.91 Å². The number of hydrogen-bond donors (Lipinski definition) is 2. The van der Waals surface area contributed by atoms with Crippen LogP contribution in [0.25, 0.3) is 0 Å². The van der Waals surface area contributed by atoms with Gasteiger partial charge in [-0.15, -0.1) is 0 Å². The highest BCUT2D eigenvalue weighted by Gasteiger charge is 2.09. The normalized spacial score (nSPS) is 10.4. The van der Waals surface area contributed by atoms with Gasteiger partial charge in [0.15, 0.2) is 5.82 Å². The second-order valence-corrected chi connectivity index (χ2v) is 4.65. The van der Waals surface area contributed by atoms with E-state index in [4.69, 9.17) is 4.52 Å². The fraction of sp³-hybridized carbons (Fsp3) is 0.429. The van der Waals surface area contributed by atoms with Gasteiger partial charge in [-0.25, -0.2) is 4.98 Å². The summed E-state index contributed by atoms with van der Waals surface area (Å²) < 4.78 is 4.87. The molecule has 1 amide bonds. The standard InChI is InChI=1S/C14H19N5O2/c1-4-15-13-8-11(7-9(2)17-13)14(20)16-6-5-12-18-10(3)21-19-12/h7-8H,4-6H2,1-3H3,(H,15,17)(H,16,20). The maximum Gasteiger partial charge on any atom is 0.251 e. The first-order chi connectivity index (χ1) is 10.1. The molecule has 2 aromatic heterocycles. The average Bonchev–Trinajstić information content (AvgIpc) is 2.84. The van der Waals surface area contributed by atoms with Crippen molar-refractivity contribution in [2.24, 2.45) is 0 Å². The van der Waals surface area contributed by atoms with Crippen LogP contribution in [0.3, 0.4) is 0 Å². The van der Waals surface area contributed by atoms with Gasteiger partial charge in [0.05, 0.1) is 0 Å². The first-order valence-corrected chi connectivity index (χ1v) is 6.88. The lowest BCUT2D eigenvalue weighted by Gasteiger charge is -2.08. The Bertz CT molecular complexity index is 624. The Labute approximate surface area is 123 Å². The molecule has 0 spiro atoms. The molecule has 0 aliphatic heterocycles. The monoisotopic (exact) mass is 289 g/mol. The van der Waals surface area contributed by atoms with Gasteiger partial charge < -0.3 is 15.2 Å². The third kappa shape index (κ3) is 4.27. The zero-order valence-corrected chi connectivity index (χ0v) is 12.4. The Morgan fingerprint density at radius 3 is 2.76 bits per heavy atom. The average molecular weight is 289 g/mol. The molecule has 7 heteroatoms. The number of anilines is 1. The van der Waals surface area contributed by atoms with Gasteiger partial charge in [-0.05, 0) is 26.0 Å². The van der Waals surface area contributed by atoms with Crippen molar-refractivity contribution >= 4 is 11.7 Å². The topological polar surface area (TPSA) is 92.9 Å². The molecule has 0 aromatic carbocycles. The van der Waals surface area contributed by atoms with Gasteiger partial charge in [0, 0.05) is 37.7 Å². The first kappa shape index (κ1) is 15.0. The van der Waals surface area contributed by atoms with E-state index < -0.39 is 0 Å². The summed E-state index contributed by atoms with van der Waals surface area (Å²) >= 11 is 0. The number of hydrogen-bond acceptors (Lipinski definition) is 6. The van der Waals surface area contributed by atoms with Crippen LogP contribution in [-0.4, -0.2) is 34.1 Å². The summed E-state index contributed by atoms with van der Waals surface area (Å²) in [6, 6.07) is 3.50. The number of rotatable bonds is 6. The van der Waals surface area contributed by atoms with Gasteiger partial charge >= 0.3 is 0 Å². The molecule has 2 aromatic rings. The zero-order valence-electron chi connectivity index (χ0n) is 12.4. The van der Waals surface area contributed by atoms with Crippen LogP contribution in [0.1, 0.15) is 34.7 Å². The van der Waals surface area contributed by atoms with E-state index in [2.05, 4.69) is 25.8 Å². The van der Waals surface area contributed by atoms with Gasteiger partial charge in [-0.3, -0.25) is 4.79 Å². The fourth-order valence-corrected chi connectivity index (χ4v) is 1.90. The Morgan fingerprint density at radius 2 is 2.10 bits per heavy atom. The molecule has 2 N–H and O–H groups in total. The highest BCUT2D eigenvalue weighted by molar-refractivity contribution is 5.95. The van der Waals surface area contributed by atoms with Crippen molar-refractivity contribution in [3.8, 4) is 0 Å². The quantitative estimate of drug-likeness (QED) is 0.837. The van der Waals surface area contributed by atoms with Crippen LogP contribution in [0.2, 0.25) is 0 Å². The lowest BCUT2D eigenvalue weighted by Crippen LogP contribution is -2.26. The molecule has 0 saturated carbocycles. The number of carbonyl (C=O) groups excluding carboxylic acids is 1. The zero-order chi connectivity index (χ0) is 15.2. The van der Waals surface area contributed by atoms with Crippen LogP contribution in [0, 0.1) is 13.8 Å². The Morgan fingerprint density at radius 1 is 1.29 bits per heavy atom. The van der Waals surface area contributed by atoms with E-state index in [9.17, 15) is 4.79 Å². The fourth-order valence-electron chi connectivity index (χ4n) is 1.90. The Hall–Kier alpha value is -2.44. The second-order valence-electron chi connectivity index (χ2n) is 4.65. The molecule has 0 atom stereocenters. The van der Waals surface area contributed by atoms with E-state index in [1.54, 1.807) is 19.1 Å². The highest BCUT2D eigenvalue weighted by atomic mass is 16.5. The molecule has 0 aliphatic carbocycles. The van der Waals surface area contributed by atoms with Gasteiger partial charge in [0.25, 0.3) is 5.91 Å². The predicted molar refractivity (Wildman–Crippen MR) is 78.2 cm³/mol. The molecule has 0 saturated heterocycles. The first-order valence-electron chi connectivity index (χ1n) is 6.88. The van der Waals surface area contributed by atoms with E-state index in [0.29, 0.717) is 36.1 Å². The summed E-state index contributed by atoms with van der Waals surface area (Å²) in [4.78, 5) is 20.5. The van der Waals surface area contributed by atoms with Gasteiger partial charge in [-0.1, -0.05) is 5.16 Å². The van der Waals surface area contributed by atoms with E-state index >= 15 is 0 Å². The van der Waals surface area contributed by atoms with Gasteiger partial charge in [-0.2, -0.15) is 4.98 Å². The van der Waals surface area contributed by atoms with E-state index in [1.165, 1.54) is 0 Å². The van der Waals surface area contributed by atoms with Crippen molar-refractivity contribution in [2.75, 3.05) is 18.4 Å². The molecule has 0 bridgehead atoms. The number of carbonyl (C=O) groups is 1. The number of aromatic nitrogens is 3. The van der Waals surface area contributed by atoms with E-state index in [1.807, 2.05) is 13.8 Å². The minimum atomic E-state index is -0.139. The summed E-state index contributed by atoms with van der Waals surface area (Å²) in [5.74, 6) is 1.68. The molecule has 2 heterocycles. The third-order valence-corrected chi connectivity index (χ3v) is 2.78. The van der Waals surface area contributed by atoms with Crippen LogP contribution >= 0.6 is 0 Å². The van der Waals surface area contributed by atoms with Gasteiger partial charge in [0.1, 0.15) is 5.82 Å². The van der Waals surface area contributed by atoms with Crippen LogP contribution in [0.4, 0.5) is 5.82 Å². The number of nitrogens with one attached hydrogen (secondary N) is 2. The van der Waals surface area contributed by atoms with Crippen molar-refractivity contribution < 1.29 is 9.32 Å². The number of nitrogens with zero attached hydrogens (tertiary/aromatic N) is 3. The SMILES string of the molecule is CCNc1cc(C(=O)NCCc2noc(C)n2)cc(C)n1. The Kier molecular flexibility index (Phi) is 4.86. The molecule has 2 rings (SSSR count). The lowest BCUT2D eigenvalue weighted by molar-refractivity contribution is 0.0953. The number of pyridine rings is 1. The van der Waals surface area contributed by atoms with Crippen molar-refractivity contribution in [1.29, 1.82) is 0 Å². The highest BCUT2D eigenvalue weighted by Crippen LogP contribution is 2.10. The maximum atomic E-state index is 12.1. The Balaban J connectivity index is 1.93. The summed E-state index contributed by atoms with van der Waals surface area (Å²) in [7, 11) is 0. The smallest absolute Gasteiger partial charge is 0.251 e. The van der Waals surface area contributed by atoms with Crippen LogP contribution < -0.4 is 10.6 Å². The summed E-state index contributed by atoms with van der Waals surface area (Å²) in [5.41, 5.74) is 1.38. The largest absolute Gasteiger partial charge is 0.370 e. The summed E-state index contributed by atoms with van der Waals surface area (Å²) in [6.45, 7) is 6.79. The minimum Gasteiger partial charge on any atom is -0.370 e. The molecule has 0 aliphatic rings. The molecule has 7 nitrogen and oxygen atoms in total. The second kappa shape index (κ2) is 6.83. The molecule has 0 radical (unpaired) electrons. The molecule has 0 fully saturated rings. The molecular formula is C14H19N5O2. The predicted octanol–water partition coefficient (Wildman–Crippen LogP) is 1.49. The van der Waals surface area contributed by atoms with Crippen molar-refractivity contribution in [3.63, 3.8) is 0 Å². The van der Waals surface area contributed by atoms with Gasteiger partial charge in [0.2, 0.25) is 5.89 Å². The third-order valence-electron chi connectivity index (χ3n) is 2.78. The van der Waals surface area contributed by atoms with Crippen molar-refractivity contribution in [1.82, 2.24) is 20.4 Å². The maximum absolute atomic E-state index is 12.1. The van der Waals surface area contributed by atoms with Crippen LogP contribution in [0.5, 0.6) is 0 Å². The van der Waals surface area contributed by atoms with Crippen LogP contribution in [-0.2, 0) is 6.42 Å². The summed E-state index contributed by atoms with van der Waals surface area (Å²) in [5, 5.41) is 9.72.